The highest BCUT2D eigenvalue weighted by Gasteiger charge is 2.32. The van der Waals surface area contributed by atoms with Crippen LogP contribution in [0, 0.1) is 0 Å². The van der Waals surface area contributed by atoms with Crippen molar-refractivity contribution in [3.8, 4) is 5.75 Å². The van der Waals surface area contributed by atoms with E-state index in [0.717, 1.165) is 44.2 Å². The van der Waals surface area contributed by atoms with Gasteiger partial charge in [0.25, 0.3) is 0 Å². The van der Waals surface area contributed by atoms with Crippen molar-refractivity contribution in [3.63, 3.8) is 0 Å². The number of nitrogens with one attached hydrogen (secondary N) is 1. The zero-order chi connectivity index (χ0) is 21.3. The van der Waals surface area contributed by atoms with Gasteiger partial charge in [0.15, 0.2) is 0 Å². The van der Waals surface area contributed by atoms with Gasteiger partial charge in [-0.25, -0.2) is 4.79 Å². The van der Waals surface area contributed by atoms with Gasteiger partial charge >= 0.3 is 6.03 Å². The van der Waals surface area contributed by atoms with Crippen LogP contribution < -0.4 is 10.1 Å². The molecule has 0 spiro atoms. The Labute approximate surface area is 176 Å². The summed E-state index contributed by atoms with van der Waals surface area (Å²) in [6, 6.07) is 7.38. The standard InChI is InChI=1S/C21H30N4O5/c1-23-16-20(27)25(21(23)28)7-3-6-19(26)22-15-17-4-2-5-18(14-17)30-13-10-24-8-11-29-12-9-24/h2,4-5,14H,3,6-13,15-16H2,1H3,(H,22,26). The molecule has 2 heterocycles. The number of likely N-dealkylation sites (N-methyl/N-ethyl adjacent to an activating group) is 1. The van der Waals surface area contributed by atoms with E-state index in [2.05, 4.69) is 10.2 Å². The Morgan fingerprint density at radius 2 is 2.00 bits per heavy atom. The first-order chi connectivity index (χ1) is 14.5. The normalized spacial score (nSPS) is 17.5. The largest absolute Gasteiger partial charge is 0.492 e. The van der Waals surface area contributed by atoms with Gasteiger partial charge < -0.3 is 19.7 Å². The van der Waals surface area contributed by atoms with E-state index in [4.69, 9.17) is 9.47 Å². The molecule has 0 atom stereocenters. The molecule has 4 amide bonds. The van der Waals surface area contributed by atoms with Gasteiger partial charge in [0.2, 0.25) is 11.8 Å². The number of urea groups is 1. The molecule has 1 N–H and O–H groups in total. The predicted molar refractivity (Wildman–Crippen MR) is 110 cm³/mol. The minimum atomic E-state index is -0.300. The van der Waals surface area contributed by atoms with Crippen LogP contribution in [0.25, 0.3) is 0 Å². The Morgan fingerprint density at radius 3 is 2.73 bits per heavy atom. The number of benzene rings is 1. The number of amides is 4. The summed E-state index contributed by atoms with van der Waals surface area (Å²) in [5, 5.41) is 2.88. The maximum atomic E-state index is 12.1. The van der Waals surface area contributed by atoms with Gasteiger partial charge in [0, 0.05) is 46.2 Å². The lowest BCUT2D eigenvalue weighted by Gasteiger charge is -2.26. The average molecular weight is 418 g/mol. The van der Waals surface area contributed by atoms with E-state index in [1.165, 1.54) is 9.80 Å². The summed E-state index contributed by atoms with van der Waals surface area (Å²) in [5.41, 5.74) is 0.957. The smallest absolute Gasteiger partial charge is 0.326 e. The van der Waals surface area contributed by atoms with Gasteiger partial charge in [-0.15, -0.1) is 0 Å². The number of ether oxygens (including phenoxy) is 2. The third kappa shape index (κ3) is 6.43. The molecule has 1 aromatic rings. The van der Waals surface area contributed by atoms with Crippen LogP contribution in [0.2, 0.25) is 0 Å². The van der Waals surface area contributed by atoms with Gasteiger partial charge in [0.1, 0.15) is 18.9 Å². The van der Waals surface area contributed by atoms with Crippen molar-refractivity contribution < 1.29 is 23.9 Å². The number of rotatable bonds is 10. The van der Waals surface area contributed by atoms with E-state index in [0.29, 0.717) is 19.6 Å². The van der Waals surface area contributed by atoms with Gasteiger partial charge in [0.05, 0.1) is 13.2 Å². The van der Waals surface area contributed by atoms with Crippen molar-refractivity contribution in [2.45, 2.75) is 19.4 Å². The third-order valence-electron chi connectivity index (χ3n) is 5.18. The van der Waals surface area contributed by atoms with Crippen LogP contribution >= 0.6 is 0 Å². The minimum Gasteiger partial charge on any atom is -0.492 e. The van der Waals surface area contributed by atoms with E-state index in [1.807, 2.05) is 24.3 Å². The molecule has 2 fully saturated rings. The van der Waals surface area contributed by atoms with Crippen molar-refractivity contribution >= 4 is 17.8 Å². The van der Waals surface area contributed by atoms with E-state index < -0.39 is 0 Å². The highest BCUT2D eigenvalue weighted by atomic mass is 16.5. The lowest BCUT2D eigenvalue weighted by Crippen LogP contribution is -2.38. The fourth-order valence-electron chi connectivity index (χ4n) is 3.44. The summed E-state index contributed by atoms with van der Waals surface area (Å²) in [5.74, 6) is 0.458. The SMILES string of the molecule is CN1CC(=O)N(CCCC(=O)NCc2cccc(OCCN3CCOCC3)c2)C1=O. The summed E-state index contributed by atoms with van der Waals surface area (Å²) in [4.78, 5) is 40.5. The number of carbonyl (C=O) groups excluding carboxylic acids is 3. The van der Waals surface area contributed by atoms with Crippen molar-refractivity contribution in [1.82, 2.24) is 20.0 Å². The maximum Gasteiger partial charge on any atom is 0.326 e. The number of carbonyl (C=O) groups is 3. The zero-order valence-corrected chi connectivity index (χ0v) is 17.5. The molecule has 9 heteroatoms. The second-order valence-corrected chi connectivity index (χ2v) is 7.51. The van der Waals surface area contributed by atoms with E-state index in [1.54, 1.807) is 7.05 Å². The zero-order valence-electron chi connectivity index (χ0n) is 17.5. The number of imide groups is 1. The Hall–Kier alpha value is -2.65. The molecule has 164 valence electrons. The minimum absolute atomic E-state index is 0.107. The number of hydrogen-bond donors (Lipinski definition) is 1. The van der Waals surface area contributed by atoms with E-state index in [9.17, 15) is 14.4 Å². The maximum absolute atomic E-state index is 12.1. The molecule has 30 heavy (non-hydrogen) atoms. The van der Waals surface area contributed by atoms with Gasteiger partial charge in [-0.2, -0.15) is 0 Å². The van der Waals surface area contributed by atoms with Crippen LogP contribution in [0.15, 0.2) is 24.3 Å². The quantitative estimate of drug-likeness (QED) is 0.562. The molecule has 9 nitrogen and oxygen atoms in total. The molecule has 2 saturated heterocycles. The van der Waals surface area contributed by atoms with Crippen LogP contribution in [-0.2, 0) is 20.9 Å². The molecule has 0 aromatic heterocycles. The summed E-state index contributed by atoms with van der Waals surface area (Å²) in [7, 11) is 1.59. The van der Waals surface area contributed by atoms with Crippen LogP contribution in [0.1, 0.15) is 18.4 Å². The molecular weight excluding hydrogens is 388 g/mol. The molecule has 0 bridgehead atoms. The molecule has 0 saturated carbocycles. The Bertz CT molecular complexity index is 751. The van der Waals surface area contributed by atoms with Crippen LogP contribution in [0.4, 0.5) is 4.79 Å². The molecular formula is C21H30N4O5. The second-order valence-electron chi connectivity index (χ2n) is 7.51. The van der Waals surface area contributed by atoms with Gasteiger partial charge in [-0.05, 0) is 24.1 Å². The van der Waals surface area contributed by atoms with Gasteiger partial charge in [-0.1, -0.05) is 12.1 Å². The lowest BCUT2D eigenvalue weighted by atomic mass is 10.2. The second kappa shape index (κ2) is 10.9. The molecule has 3 rings (SSSR count). The number of nitrogens with zero attached hydrogens (tertiary/aromatic N) is 3. The highest BCUT2D eigenvalue weighted by Crippen LogP contribution is 2.14. The molecule has 2 aliphatic rings. The molecule has 2 aliphatic heterocycles. The first-order valence-electron chi connectivity index (χ1n) is 10.4. The van der Waals surface area contributed by atoms with Crippen LogP contribution in [0.5, 0.6) is 5.75 Å². The monoisotopic (exact) mass is 418 g/mol. The summed E-state index contributed by atoms with van der Waals surface area (Å²) in [6.07, 6.45) is 0.707. The van der Waals surface area contributed by atoms with E-state index in [-0.39, 0.29) is 37.4 Å². The first kappa shape index (κ1) is 22.0. The van der Waals surface area contributed by atoms with Crippen molar-refractivity contribution in [3.05, 3.63) is 29.8 Å². The van der Waals surface area contributed by atoms with Gasteiger partial charge in [-0.3, -0.25) is 19.4 Å². The molecule has 1 aromatic carbocycles. The number of hydrogen-bond acceptors (Lipinski definition) is 6. The van der Waals surface area contributed by atoms with Crippen molar-refractivity contribution in [1.29, 1.82) is 0 Å². The fraction of sp³-hybridized carbons (Fsp3) is 0.571. The van der Waals surface area contributed by atoms with Crippen molar-refractivity contribution in [2.24, 2.45) is 0 Å². The molecule has 0 radical (unpaired) electrons. The van der Waals surface area contributed by atoms with Crippen molar-refractivity contribution in [2.75, 3.05) is 59.6 Å². The van der Waals surface area contributed by atoms with E-state index >= 15 is 0 Å². The number of morpholine rings is 1. The summed E-state index contributed by atoms with van der Waals surface area (Å²) in [6.45, 7) is 5.68. The Kier molecular flexibility index (Phi) is 8.04. The molecule has 0 unspecified atom stereocenters. The summed E-state index contributed by atoms with van der Waals surface area (Å²) < 4.78 is 11.2. The highest BCUT2D eigenvalue weighted by molar-refractivity contribution is 6.01. The Balaban J connectivity index is 1.33. The Morgan fingerprint density at radius 1 is 1.20 bits per heavy atom. The molecule has 0 aliphatic carbocycles. The van der Waals surface area contributed by atoms with Crippen LogP contribution in [-0.4, -0.2) is 92.1 Å². The average Bonchev–Trinajstić information content (AvgIpc) is 2.99. The first-order valence-corrected chi connectivity index (χ1v) is 10.4. The lowest BCUT2D eigenvalue weighted by molar-refractivity contribution is -0.126. The topological polar surface area (TPSA) is 91.4 Å². The van der Waals surface area contributed by atoms with Crippen LogP contribution in [0.3, 0.4) is 0 Å². The fourth-order valence-corrected chi connectivity index (χ4v) is 3.44. The third-order valence-corrected chi connectivity index (χ3v) is 5.18. The summed E-state index contributed by atoms with van der Waals surface area (Å²) >= 11 is 0. The predicted octanol–water partition coefficient (Wildman–Crippen LogP) is 0.688.